The van der Waals surface area contributed by atoms with Gasteiger partial charge in [0.15, 0.2) is 0 Å². The standard InChI is InChI=1S/C25H47N3/c1-21(2)5-12-26-13-6-23(7-14-26)28-19-25(20-28)10-15-27(16-11-25)18-24(8-9-24)17-22(3)4/h21-23H,5-20H2,1-4H3. The van der Waals surface area contributed by atoms with Crippen LogP contribution < -0.4 is 0 Å². The molecule has 0 amide bonds. The van der Waals surface area contributed by atoms with Gasteiger partial charge in [-0.15, -0.1) is 0 Å². The number of rotatable bonds is 8. The Kier molecular flexibility index (Phi) is 6.45. The molecule has 4 rings (SSSR count). The third-order valence-electron chi connectivity index (χ3n) is 8.45. The zero-order valence-corrected chi connectivity index (χ0v) is 19.4. The first kappa shape index (κ1) is 21.1. The molecule has 0 radical (unpaired) electrons. The van der Waals surface area contributed by atoms with Crippen molar-refractivity contribution in [3.05, 3.63) is 0 Å². The van der Waals surface area contributed by atoms with E-state index in [1.54, 1.807) is 0 Å². The van der Waals surface area contributed by atoms with E-state index in [4.69, 9.17) is 0 Å². The highest BCUT2D eigenvalue weighted by Gasteiger charge is 2.49. The molecule has 3 saturated heterocycles. The van der Waals surface area contributed by atoms with E-state index >= 15 is 0 Å². The second kappa shape index (κ2) is 8.55. The van der Waals surface area contributed by atoms with Gasteiger partial charge in [0.2, 0.25) is 0 Å². The highest BCUT2D eigenvalue weighted by molar-refractivity contribution is 5.03. The monoisotopic (exact) mass is 389 g/mol. The van der Waals surface area contributed by atoms with Crippen molar-refractivity contribution in [1.82, 2.24) is 14.7 Å². The Morgan fingerprint density at radius 1 is 0.786 bits per heavy atom. The van der Waals surface area contributed by atoms with Crippen molar-refractivity contribution >= 4 is 0 Å². The van der Waals surface area contributed by atoms with E-state index in [-0.39, 0.29) is 0 Å². The fourth-order valence-electron chi connectivity index (χ4n) is 6.47. The third kappa shape index (κ3) is 5.13. The van der Waals surface area contributed by atoms with E-state index in [1.807, 2.05) is 0 Å². The average Bonchev–Trinajstić information content (AvgIpc) is 3.37. The number of hydrogen-bond donors (Lipinski definition) is 0. The van der Waals surface area contributed by atoms with Gasteiger partial charge in [0.1, 0.15) is 0 Å². The molecule has 3 aliphatic heterocycles. The predicted molar refractivity (Wildman–Crippen MR) is 120 cm³/mol. The molecule has 0 unspecified atom stereocenters. The molecule has 28 heavy (non-hydrogen) atoms. The second-order valence-electron chi connectivity index (χ2n) is 12.0. The largest absolute Gasteiger partial charge is 0.303 e. The van der Waals surface area contributed by atoms with Gasteiger partial charge in [-0.2, -0.15) is 0 Å². The molecule has 4 fully saturated rings. The zero-order valence-electron chi connectivity index (χ0n) is 19.4. The average molecular weight is 390 g/mol. The van der Waals surface area contributed by atoms with Crippen LogP contribution in [0.5, 0.6) is 0 Å². The quantitative estimate of drug-likeness (QED) is 0.595. The van der Waals surface area contributed by atoms with Crippen molar-refractivity contribution < 1.29 is 0 Å². The Bertz CT molecular complexity index is 486. The number of hydrogen-bond acceptors (Lipinski definition) is 3. The molecule has 4 aliphatic rings. The molecule has 3 nitrogen and oxygen atoms in total. The molecular weight excluding hydrogens is 342 g/mol. The first-order valence-corrected chi connectivity index (χ1v) is 12.6. The lowest BCUT2D eigenvalue weighted by Crippen LogP contribution is -2.64. The minimum absolute atomic E-state index is 0.694. The van der Waals surface area contributed by atoms with Crippen LogP contribution in [0.3, 0.4) is 0 Å². The van der Waals surface area contributed by atoms with Crippen LogP contribution in [0.15, 0.2) is 0 Å². The fraction of sp³-hybridized carbons (Fsp3) is 1.00. The maximum atomic E-state index is 2.86. The van der Waals surface area contributed by atoms with Crippen molar-refractivity contribution in [2.75, 3.05) is 52.4 Å². The fourth-order valence-corrected chi connectivity index (χ4v) is 6.47. The molecule has 0 aromatic carbocycles. The number of likely N-dealkylation sites (tertiary alicyclic amines) is 3. The summed E-state index contributed by atoms with van der Waals surface area (Å²) in [4.78, 5) is 8.41. The van der Waals surface area contributed by atoms with E-state index in [0.29, 0.717) is 10.8 Å². The normalized spacial score (nSPS) is 28.9. The molecule has 3 heteroatoms. The summed E-state index contributed by atoms with van der Waals surface area (Å²) in [7, 11) is 0. The maximum Gasteiger partial charge on any atom is 0.0120 e. The second-order valence-corrected chi connectivity index (χ2v) is 12.0. The van der Waals surface area contributed by atoms with Crippen LogP contribution in [0.4, 0.5) is 0 Å². The van der Waals surface area contributed by atoms with Crippen LogP contribution in [0.25, 0.3) is 0 Å². The van der Waals surface area contributed by atoms with Crippen molar-refractivity contribution in [2.24, 2.45) is 22.7 Å². The van der Waals surface area contributed by atoms with Crippen molar-refractivity contribution in [3.63, 3.8) is 0 Å². The van der Waals surface area contributed by atoms with E-state index in [0.717, 1.165) is 17.9 Å². The van der Waals surface area contributed by atoms with Crippen molar-refractivity contribution in [3.8, 4) is 0 Å². The van der Waals surface area contributed by atoms with Gasteiger partial charge in [-0.1, -0.05) is 27.7 Å². The zero-order chi connectivity index (χ0) is 19.8. The molecule has 0 atom stereocenters. The number of piperidine rings is 2. The summed E-state index contributed by atoms with van der Waals surface area (Å²) in [5.41, 5.74) is 1.41. The van der Waals surface area contributed by atoms with Crippen LogP contribution in [0, 0.1) is 22.7 Å². The van der Waals surface area contributed by atoms with E-state index in [9.17, 15) is 0 Å². The Morgan fingerprint density at radius 2 is 1.43 bits per heavy atom. The summed E-state index contributed by atoms with van der Waals surface area (Å²) >= 11 is 0. The Morgan fingerprint density at radius 3 is 1.96 bits per heavy atom. The predicted octanol–water partition coefficient (Wildman–Crippen LogP) is 4.72. The van der Waals surface area contributed by atoms with Gasteiger partial charge in [-0.3, -0.25) is 4.90 Å². The molecule has 0 bridgehead atoms. The maximum absolute atomic E-state index is 2.86. The summed E-state index contributed by atoms with van der Waals surface area (Å²) in [6, 6.07) is 0.889. The summed E-state index contributed by atoms with van der Waals surface area (Å²) in [5, 5.41) is 0. The molecule has 3 heterocycles. The lowest BCUT2D eigenvalue weighted by molar-refractivity contribution is -0.0821. The van der Waals surface area contributed by atoms with Crippen molar-refractivity contribution in [2.45, 2.75) is 85.1 Å². The Hall–Kier alpha value is -0.120. The highest BCUT2D eigenvalue weighted by Crippen LogP contribution is 2.52. The molecule has 0 aromatic rings. The lowest BCUT2D eigenvalue weighted by atomic mass is 9.70. The molecular formula is C25H47N3. The minimum Gasteiger partial charge on any atom is -0.303 e. The van der Waals surface area contributed by atoms with Crippen LogP contribution in [-0.2, 0) is 0 Å². The minimum atomic E-state index is 0.694. The van der Waals surface area contributed by atoms with E-state index in [2.05, 4.69) is 42.4 Å². The molecule has 1 saturated carbocycles. The highest BCUT2D eigenvalue weighted by atomic mass is 15.3. The van der Waals surface area contributed by atoms with Gasteiger partial charge in [0, 0.05) is 25.7 Å². The van der Waals surface area contributed by atoms with Gasteiger partial charge >= 0.3 is 0 Å². The van der Waals surface area contributed by atoms with E-state index in [1.165, 1.54) is 104 Å². The van der Waals surface area contributed by atoms with Gasteiger partial charge in [0.05, 0.1) is 0 Å². The van der Waals surface area contributed by atoms with Gasteiger partial charge in [-0.25, -0.2) is 0 Å². The number of nitrogens with zero attached hydrogens (tertiary/aromatic N) is 3. The van der Waals surface area contributed by atoms with E-state index < -0.39 is 0 Å². The smallest absolute Gasteiger partial charge is 0.0120 e. The van der Waals surface area contributed by atoms with Gasteiger partial charge < -0.3 is 9.80 Å². The third-order valence-corrected chi connectivity index (χ3v) is 8.45. The van der Waals surface area contributed by atoms with Crippen LogP contribution in [0.2, 0.25) is 0 Å². The van der Waals surface area contributed by atoms with Crippen LogP contribution in [0.1, 0.15) is 79.1 Å². The molecule has 1 aliphatic carbocycles. The van der Waals surface area contributed by atoms with Crippen molar-refractivity contribution in [1.29, 1.82) is 0 Å². The van der Waals surface area contributed by atoms with Gasteiger partial charge in [0.25, 0.3) is 0 Å². The molecule has 1 spiro atoms. The SMILES string of the molecule is CC(C)CCN1CCC(N2CC3(CCN(CC4(CC(C)C)CC4)CC3)C2)CC1. The Balaban J connectivity index is 1.14. The summed E-state index contributed by atoms with van der Waals surface area (Å²) in [5.74, 6) is 1.72. The first-order chi connectivity index (χ1) is 13.4. The molecule has 0 N–H and O–H groups in total. The summed E-state index contributed by atoms with van der Waals surface area (Å²) in [6.45, 7) is 20.5. The first-order valence-electron chi connectivity index (χ1n) is 12.6. The topological polar surface area (TPSA) is 9.72 Å². The molecule has 0 aromatic heterocycles. The molecule has 162 valence electrons. The Labute approximate surface area is 175 Å². The summed E-state index contributed by atoms with van der Waals surface area (Å²) < 4.78 is 0. The van der Waals surface area contributed by atoms with Crippen LogP contribution in [-0.4, -0.2) is 73.1 Å². The summed E-state index contributed by atoms with van der Waals surface area (Å²) in [6.07, 6.45) is 11.6. The lowest BCUT2D eigenvalue weighted by Gasteiger charge is -2.57. The van der Waals surface area contributed by atoms with Crippen LogP contribution >= 0.6 is 0 Å². The van der Waals surface area contributed by atoms with Gasteiger partial charge in [-0.05, 0) is 107 Å².